The highest BCUT2D eigenvalue weighted by atomic mass is 16.3. The summed E-state index contributed by atoms with van der Waals surface area (Å²) < 4.78 is 0. The molecule has 0 heterocycles. The Labute approximate surface area is 181 Å². The van der Waals surface area contributed by atoms with Gasteiger partial charge < -0.3 is 15.5 Å². The van der Waals surface area contributed by atoms with Crippen LogP contribution in [0.2, 0.25) is 0 Å². The van der Waals surface area contributed by atoms with Gasteiger partial charge >= 0.3 is 0 Å². The van der Waals surface area contributed by atoms with Crippen molar-refractivity contribution in [2.45, 2.75) is 148 Å². The number of unbranched alkanes of at least 4 members (excludes halogenated alkanes) is 15. The highest BCUT2D eigenvalue weighted by molar-refractivity contribution is 5.76. The van der Waals surface area contributed by atoms with Crippen molar-refractivity contribution in [2.24, 2.45) is 0 Å². The Morgan fingerprint density at radius 2 is 1.10 bits per heavy atom. The van der Waals surface area contributed by atoms with E-state index in [9.17, 15) is 15.0 Å². The van der Waals surface area contributed by atoms with Gasteiger partial charge in [0, 0.05) is 6.42 Å². The molecule has 0 radical (unpaired) electrons. The first-order valence-corrected chi connectivity index (χ1v) is 12.7. The molecule has 0 aliphatic carbocycles. The number of hydrogen-bond acceptors (Lipinski definition) is 3. The molecule has 0 saturated heterocycles. The van der Waals surface area contributed by atoms with Crippen molar-refractivity contribution in [3.63, 3.8) is 0 Å². The molecule has 1 amide bonds. The van der Waals surface area contributed by atoms with Gasteiger partial charge in [0.15, 0.2) is 0 Å². The van der Waals surface area contributed by atoms with Gasteiger partial charge in [-0.25, -0.2) is 0 Å². The zero-order valence-corrected chi connectivity index (χ0v) is 19.6. The maximum absolute atomic E-state index is 12.1. The Bertz CT molecular complexity index is 349. The molecule has 0 aromatic carbocycles. The number of rotatable bonds is 22. The second-order valence-electron chi connectivity index (χ2n) is 8.77. The Morgan fingerprint density at radius 3 is 1.55 bits per heavy atom. The van der Waals surface area contributed by atoms with Gasteiger partial charge in [0.1, 0.15) is 0 Å². The Hall–Kier alpha value is -0.610. The lowest BCUT2D eigenvalue weighted by Crippen LogP contribution is -2.45. The number of aliphatic hydroxyl groups excluding tert-OH is 2. The molecular weight excluding hydrogens is 362 g/mol. The molecule has 4 heteroatoms. The standard InChI is InChI=1S/C25H51NO3/c1-3-5-7-9-11-13-15-17-19-21-25(29)26-23(22-27)24(28)20-18-16-14-12-10-8-6-4-2/h23-24,27-28H,3-22H2,1-2H3,(H,26,29). The van der Waals surface area contributed by atoms with E-state index < -0.39 is 12.1 Å². The fourth-order valence-corrected chi connectivity index (χ4v) is 3.83. The quantitative estimate of drug-likeness (QED) is 0.183. The van der Waals surface area contributed by atoms with Crippen LogP contribution in [0.1, 0.15) is 136 Å². The maximum atomic E-state index is 12.1. The molecule has 0 aliphatic heterocycles. The molecule has 0 aromatic rings. The van der Waals surface area contributed by atoms with Gasteiger partial charge in [-0.1, -0.05) is 117 Å². The molecule has 0 rings (SSSR count). The zero-order chi connectivity index (χ0) is 21.6. The minimum absolute atomic E-state index is 0.0398. The fourth-order valence-electron chi connectivity index (χ4n) is 3.83. The molecule has 0 fully saturated rings. The Morgan fingerprint density at radius 1 is 0.690 bits per heavy atom. The highest BCUT2D eigenvalue weighted by Gasteiger charge is 2.19. The first kappa shape index (κ1) is 28.4. The average molecular weight is 414 g/mol. The zero-order valence-electron chi connectivity index (χ0n) is 19.6. The number of aliphatic hydroxyl groups is 2. The molecule has 29 heavy (non-hydrogen) atoms. The molecular formula is C25H51NO3. The summed E-state index contributed by atoms with van der Waals surface area (Å²) in [6, 6.07) is -0.523. The molecule has 174 valence electrons. The summed E-state index contributed by atoms with van der Waals surface area (Å²) in [6.45, 7) is 4.28. The molecule has 0 aliphatic rings. The lowest BCUT2D eigenvalue weighted by atomic mass is 10.0. The fraction of sp³-hybridized carbons (Fsp3) is 0.960. The van der Waals surface area contributed by atoms with Gasteiger partial charge in [-0.2, -0.15) is 0 Å². The second kappa shape index (κ2) is 22.1. The largest absolute Gasteiger partial charge is 0.394 e. The van der Waals surface area contributed by atoms with Crippen molar-refractivity contribution in [1.29, 1.82) is 0 Å². The molecule has 0 aromatic heterocycles. The minimum Gasteiger partial charge on any atom is -0.394 e. The van der Waals surface area contributed by atoms with E-state index in [2.05, 4.69) is 19.2 Å². The van der Waals surface area contributed by atoms with Crippen LogP contribution in [0.25, 0.3) is 0 Å². The SMILES string of the molecule is CCCCCCCCCCCC(=O)NC(CO)C(O)CCCCCCCCCC. The summed E-state index contributed by atoms with van der Waals surface area (Å²) in [5, 5.41) is 22.6. The number of hydrogen-bond donors (Lipinski definition) is 3. The second-order valence-corrected chi connectivity index (χ2v) is 8.77. The molecule has 0 spiro atoms. The normalized spacial score (nSPS) is 13.4. The van der Waals surface area contributed by atoms with Crippen molar-refractivity contribution in [3.05, 3.63) is 0 Å². The van der Waals surface area contributed by atoms with Gasteiger partial charge in [0.05, 0.1) is 18.8 Å². The number of carbonyl (C=O) groups excluding carboxylic acids is 1. The van der Waals surface area contributed by atoms with Crippen LogP contribution >= 0.6 is 0 Å². The van der Waals surface area contributed by atoms with Crippen LogP contribution in [0.4, 0.5) is 0 Å². The summed E-state index contributed by atoms with van der Waals surface area (Å²) >= 11 is 0. The average Bonchev–Trinajstić information content (AvgIpc) is 2.72. The predicted molar refractivity (Wildman–Crippen MR) is 124 cm³/mol. The lowest BCUT2D eigenvalue weighted by molar-refractivity contribution is -0.123. The van der Waals surface area contributed by atoms with Crippen LogP contribution < -0.4 is 5.32 Å². The monoisotopic (exact) mass is 413 g/mol. The third kappa shape index (κ3) is 19.1. The van der Waals surface area contributed by atoms with Gasteiger partial charge in [-0.05, 0) is 12.8 Å². The topological polar surface area (TPSA) is 69.6 Å². The van der Waals surface area contributed by atoms with Crippen LogP contribution in [0.15, 0.2) is 0 Å². The van der Waals surface area contributed by atoms with Crippen LogP contribution in [-0.4, -0.2) is 34.9 Å². The van der Waals surface area contributed by atoms with E-state index in [4.69, 9.17) is 0 Å². The van der Waals surface area contributed by atoms with Gasteiger partial charge in [-0.15, -0.1) is 0 Å². The third-order valence-corrected chi connectivity index (χ3v) is 5.87. The summed E-state index contributed by atoms with van der Waals surface area (Å²) in [6.07, 6.45) is 21.4. The Balaban J connectivity index is 3.66. The van der Waals surface area contributed by atoms with Crippen LogP contribution in [0.5, 0.6) is 0 Å². The molecule has 2 unspecified atom stereocenters. The van der Waals surface area contributed by atoms with Crippen molar-refractivity contribution >= 4 is 5.91 Å². The van der Waals surface area contributed by atoms with E-state index in [0.717, 1.165) is 25.7 Å². The van der Waals surface area contributed by atoms with E-state index in [1.165, 1.54) is 83.5 Å². The first-order chi connectivity index (χ1) is 14.2. The highest BCUT2D eigenvalue weighted by Crippen LogP contribution is 2.13. The lowest BCUT2D eigenvalue weighted by Gasteiger charge is -2.22. The first-order valence-electron chi connectivity index (χ1n) is 12.7. The summed E-state index contributed by atoms with van der Waals surface area (Å²) in [5.74, 6) is -0.0398. The summed E-state index contributed by atoms with van der Waals surface area (Å²) in [4.78, 5) is 12.1. The van der Waals surface area contributed by atoms with E-state index in [0.29, 0.717) is 12.8 Å². The smallest absolute Gasteiger partial charge is 0.220 e. The molecule has 0 bridgehead atoms. The summed E-state index contributed by atoms with van der Waals surface area (Å²) in [7, 11) is 0. The Kier molecular flexibility index (Phi) is 21.6. The van der Waals surface area contributed by atoms with Gasteiger partial charge in [-0.3, -0.25) is 4.79 Å². The van der Waals surface area contributed by atoms with Crippen molar-refractivity contribution < 1.29 is 15.0 Å². The van der Waals surface area contributed by atoms with Crippen molar-refractivity contribution in [3.8, 4) is 0 Å². The third-order valence-electron chi connectivity index (χ3n) is 5.87. The van der Waals surface area contributed by atoms with Crippen LogP contribution in [0, 0.1) is 0 Å². The molecule has 3 N–H and O–H groups in total. The van der Waals surface area contributed by atoms with Crippen molar-refractivity contribution in [1.82, 2.24) is 5.32 Å². The molecule has 4 nitrogen and oxygen atoms in total. The number of carbonyl (C=O) groups is 1. The van der Waals surface area contributed by atoms with E-state index in [1.807, 2.05) is 0 Å². The predicted octanol–water partition coefficient (Wildman–Crippen LogP) is 6.28. The number of nitrogens with one attached hydrogen (secondary N) is 1. The van der Waals surface area contributed by atoms with E-state index in [1.54, 1.807) is 0 Å². The molecule has 2 atom stereocenters. The van der Waals surface area contributed by atoms with Gasteiger partial charge in [0.2, 0.25) is 5.91 Å². The minimum atomic E-state index is -0.646. The molecule has 0 saturated carbocycles. The van der Waals surface area contributed by atoms with Crippen molar-refractivity contribution in [2.75, 3.05) is 6.61 Å². The van der Waals surface area contributed by atoms with Crippen LogP contribution in [0.3, 0.4) is 0 Å². The maximum Gasteiger partial charge on any atom is 0.220 e. The van der Waals surface area contributed by atoms with Crippen LogP contribution in [-0.2, 0) is 4.79 Å². The van der Waals surface area contributed by atoms with E-state index in [-0.39, 0.29) is 12.5 Å². The van der Waals surface area contributed by atoms with Gasteiger partial charge in [0.25, 0.3) is 0 Å². The number of amides is 1. The van der Waals surface area contributed by atoms with E-state index >= 15 is 0 Å². The summed E-state index contributed by atoms with van der Waals surface area (Å²) in [5.41, 5.74) is 0.